The van der Waals surface area contributed by atoms with Crippen molar-refractivity contribution in [2.24, 2.45) is 17.6 Å². The molecule has 4 N–H and O–H groups in total. The summed E-state index contributed by atoms with van der Waals surface area (Å²) in [5, 5.41) is 20.9. The van der Waals surface area contributed by atoms with E-state index in [1.54, 1.807) is 6.20 Å². The predicted molar refractivity (Wildman–Crippen MR) is 105 cm³/mol. The highest BCUT2D eigenvalue weighted by atomic mass is 32.2. The summed E-state index contributed by atoms with van der Waals surface area (Å²) in [5.74, 6) is -0.265. The number of carboxylic acids is 1. The maximum Gasteiger partial charge on any atom is 0.337 e. The van der Waals surface area contributed by atoms with E-state index in [1.807, 2.05) is 37.7 Å². The minimum atomic E-state index is -2.00. The number of nitrogens with zero attached hydrogens (tertiary/aromatic N) is 1. The van der Waals surface area contributed by atoms with Crippen molar-refractivity contribution in [3.05, 3.63) is 24.0 Å². The van der Waals surface area contributed by atoms with Gasteiger partial charge in [0.2, 0.25) is 0 Å². The minimum Gasteiger partial charge on any atom is -0.479 e. The molecule has 1 aromatic rings. The molecule has 1 fully saturated rings. The first-order chi connectivity index (χ1) is 12.2. The first-order valence-electron chi connectivity index (χ1n) is 9.53. The van der Waals surface area contributed by atoms with Gasteiger partial charge in [-0.2, -0.15) is 0 Å². The Labute approximate surface area is 160 Å². The van der Waals surface area contributed by atoms with Crippen molar-refractivity contribution in [2.75, 3.05) is 0 Å². The summed E-state index contributed by atoms with van der Waals surface area (Å²) >= 11 is 1.83. The number of aromatic nitrogens is 1. The van der Waals surface area contributed by atoms with Crippen molar-refractivity contribution >= 4 is 17.7 Å². The summed E-state index contributed by atoms with van der Waals surface area (Å²) in [6.45, 7) is 6.23. The molecule has 5 nitrogen and oxygen atoms in total. The molecular formula is C20H32N2O3S. The Morgan fingerprint density at radius 3 is 2.62 bits per heavy atom. The molecule has 0 saturated heterocycles. The van der Waals surface area contributed by atoms with Gasteiger partial charge in [0, 0.05) is 34.5 Å². The second kappa shape index (κ2) is 9.20. The molecule has 1 heterocycles. The highest BCUT2D eigenvalue weighted by Crippen LogP contribution is 2.36. The van der Waals surface area contributed by atoms with Crippen molar-refractivity contribution in [3.63, 3.8) is 0 Å². The van der Waals surface area contributed by atoms with Crippen LogP contribution in [0.5, 0.6) is 0 Å². The number of hydrogen-bond donors (Lipinski definition) is 3. The molecule has 1 aliphatic rings. The molecular weight excluding hydrogens is 348 g/mol. The fraction of sp³-hybridized carbons (Fsp3) is 0.700. The number of carboxylic acid groups (broad SMARTS) is 1. The van der Waals surface area contributed by atoms with Gasteiger partial charge in [-0.1, -0.05) is 20.8 Å². The van der Waals surface area contributed by atoms with Gasteiger partial charge in [-0.25, -0.2) is 4.79 Å². The predicted octanol–water partition coefficient (Wildman–Crippen LogP) is 3.48. The zero-order valence-corrected chi connectivity index (χ0v) is 16.8. The van der Waals surface area contributed by atoms with Gasteiger partial charge in [-0.15, -0.1) is 11.8 Å². The van der Waals surface area contributed by atoms with Crippen molar-refractivity contribution < 1.29 is 15.0 Å². The van der Waals surface area contributed by atoms with E-state index in [0.29, 0.717) is 17.4 Å². The van der Waals surface area contributed by atoms with E-state index in [0.717, 1.165) is 10.8 Å². The van der Waals surface area contributed by atoms with Crippen LogP contribution in [0.3, 0.4) is 0 Å². The van der Waals surface area contributed by atoms with Gasteiger partial charge in [0.1, 0.15) is 0 Å². The van der Waals surface area contributed by atoms with Gasteiger partial charge in [0.15, 0.2) is 5.60 Å². The standard InChI is InChI=1S/C20H32N2O3S/c1-13(2)10-18(21)20(25,19(23)24)12-15-11-17(8-9-22-15)26-16-6-4-14(3)5-7-16/h8-9,11,13-14,16,18,25H,4-7,10,12,21H2,1-3H3,(H,23,24)/t14?,16?,18-,20+/m0/s1. The monoisotopic (exact) mass is 380 g/mol. The van der Waals surface area contributed by atoms with Crippen LogP contribution in [0.2, 0.25) is 0 Å². The highest BCUT2D eigenvalue weighted by molar-refractivity contribution is 8.00. The molecule has 0 bridgehead atoms. The summed E-state index contributed by atoms with van der Waals surface area (Å²) < 4.78 is 0. The Bertz CT molecular complexity index is 602. The fourth-order valence-electron chi connectivity index (χ4n) is 3.51. The summed E-state index contributed by atoms with van der Waals surface area (Å²) in [4.78, 5) is 17.1. The first-order valence-corrected chi connectivity index (χ1v) is 10.4. The lowest BCUT2D eigenvalue weighted by molar-refractivity contribution is -0.161. The topological polar surface area (TPSA) is 96.4 Å². The number of rotatable bonds is 8. The summed E-state index contributed by atoms with van der Waals surface area (Å²) in [6.07, 6.45) is 7.00. The van der Waals surface area contributed by atoms with E-state index < -0.39 is 17.6 Å². The first kappa shape index (κ1) is 21.2. The van der Waals surface area contributed by atoms with E-state index in [-0.39, 0.29) is 12.3 Å². The fourth-order valence-corrected chi connectivity index (χ4v) is 4.75. The molecule has 1 saturated carbocycles. The van der Waals surface area contributed by atoms with E-state index >= 15 is 0 Å². The quantitative estimate of drug-likeness (QED) is 0.639. The molecule has 1 aliphatic carbocycles. The molecule has 2 atom stereocenters. The third kappa shape index (κ3) is 5.69. The van der Waals surface area contributed by atoms with Crippen LogP contribution < -0.4 is 5.73 Å². The zero-order chi connectivity index (χ0) is 19.3. The number of pyridine rings is 1. The molecule has 0 spiro atoms. The number of thioether (sulfide) groups is 1. The average molecular weight is 381 g/mol. The molecule has 26 heavy (non-hydrogen) atoms. The Hall–Kier alpha value is -1.11. The minimum absolute atomic E-state index is 0.0771. The maximum absolute atomic E-state index is 11.7. The molecule has 0 amide bonds. The van der Waals surface area contributed by atoms with Crippen molar-refractivity contribution in [2.45, 2.75) is 81.1 Å². The summed E-state index contributed by atoms with van der Waals surface area (Å²) in [6, 6.07) is 3.02. The van der Waals surface area contributed by atoms with Gasteiger partial charge in [0.25, 0.3) is 0 Å². The Kier molecular flexibility index (Phi) is 7.50. The number of aliphatic carboxylic acids is 1. The molecule has 1 aromatic heterocycles. The smallest absolute Gasteiger partial charge is 0.337 e. The Balaban J connectivity index is 2.08. The third-order valence-electron chi connectivity index (χ3n) is 5.21. The van der Waals surface area contributed by atoms with Crippen LogP contribution >= 0.6 is 11.8 Å². The van der Waals surface area contributed by atoms with Crippen LogP contribution in [-0.2, 0) is 11.2 Å². The largest absolute Gasteiger partial charge is 0.479 e. The maximum atomic E-state index is 11.7. The third-order valence-corrected chi connectivity index (χ3v) is 6.54. The summed E-state index contributed by atoms with van der Waals surface area (Å²) in [7, 11) is 0. The van der Waals surface area contributed by atoms with Crippen LogP contribution in [0.25, 0.3) is 0 Å². The number of hydrogen-bond acceptors (Lipinski definition) is 5. The lowest BCUT2D eigenvalue weighted by Gasteiger charge is -2.31. The Morgan fingerprint density at radius 1 is 1.38 bits per heavy atom. The van der Waals surface area contributed by atoms with E-state index in [4.69, 9.17) is 5.73 Å². The lowest BCUT2D eigenvalue weighted by atomic mass is 9.84. The number of nitrogens with two attached hydrogens (primary N) is 1. The van der Waals surface area contributed by atoms with Crippen LogP contribution in [0, 0.1) is 11.8 Å². The molecule has 0 unspecified atom stereocenters. The van der Waals surface area contributed by atoms with Crippen molar-refractivity contribution in [1.82, 2.24) is 4.98 Å². The number of carbonyl (C=O) groups is 1. The normalized spacial score (nSPS) is 24.2. The van der Waals surface area contributed by atoms with Gasteiger partial charge in [-0.3, -0.25) is 4.98 Å². The molecule has 0 aromatic carbocycles. The highest BCUT2D eigenvalue weighted by Gasteiger charge is 2.43. The molecule has 146 valence electrons. The molecule has 6 heteroatoms. The SMILES string of the molecule is CC(C)C[C@H](N)[C@](O)(Cc1cc(SC2CCC(C)CC2)ccn1)C(=O)O. The van der Waals surface area contributed by atoms with Crippen molar-refractivity contribution in [3.8, 4) is 0 Å². The second-order valence-corrected chi connectivity index (χ2v) is 9.50. The average Bonchev–Trinajstić information content (AvgIpc) is 2.56. The molecule has 0 aliphatic heterocycles. The van der Waals surface area contributed by atoms with Gasteiger partial charge < -0.3 is 15.9 Å². The van der Waals surface area contributed by atoms with E-state index in [9.17, 15) is 15.0 Å². The van der Waals surface area contributed by atoms with Gasteiger partial charge >= 0.3 is 5.97 Å². The van der Waals surface area contributed by atoms with Gasteiger partial charge in [0.05, 0.1) is 0 Å². The number of aliphatic hydroxyl groups is 1. The van der Waals surface area contributed by atoms with Crippen LogP contribution in [0.1, 0.15) is 58.6 Å². The lowest BCUT2D eigenvalue weighted by Crippen LogP contribution is -2.56. The van der Waals surface area contributed by atoms with E-state index in [2.05, 4.69) is 11.9 Å². The van der Waals surface area contributed by atoms with E-state index in [1.165, 1.54) is 25.7 Å². The zero-order valence-electron chi connectivity index (χ0n) is 16.0. The van der Waals surface area contributed by atoms with Gasteiger partial charge in [-0.05, 0) is 56.1 Å². The van der Waals surface area contributed by atoms with Crippen LogP contribution in [-0.4, -0.2) is 38.1 Å². The Morgan fingerprint density at radius 2 is 2.04 bits per heavy atom. The van der Waals surface area contributed by atoms with Crippen molar-refractivity contribution in [1.29, 1.82) is 0 Å². The second-order valence-electron chi connectivity index (χ2n) is 8.12. The molecule has 2 rings (SSSR count). The summed E-state index contributed by atoms with van der Waals surface area (Å²) in [5.41, 5.74) is 4.61. The van der Waals surface area contributed by atoms with Crippen LogP contribution in [0.15, 0.2) is 23.2 Å². The molecule has 0 radical (unpaired) electrons. The van der Waals surface area contributed by atoms with Crippen LogP contribution in [0.4, 0.5) is 0 Å².